The van der Waals surface area contributed by atoms with Crippen LogP contribution < -0.4 is 9.64 Å². The second kappa shape index (κ2) is 8.15. The molecule has 0 aliphatic carbocycles. The molecule has 1 aliphatic rings. The summed E-state index contributed by atoms with van der Waals surface area (Å²) in [5, 5.41) is 13.4. The number of hydrogen-bond acceptors (Lipinski definition) is 5. The highest BCUT2D eigenvalue weighted by molar-refractivity contribution is 6.51. The molecule has 0 spiro atoms. The molecular formula is C26H18ClNO5. The van der Waals surface area contributed by atoms with Crippen molar-refractivity contribution in [3.05, 3.63) is 101 Å². The van der Waals surface area contributed by atoms with Crippen LogP contribution in [0.4, 0.5) is 5.69 Å². The second-order valence-corrected chi connectivity index (χ2v) is 7.97. The topological polar surface area (TPSA) is 80.0 Å². The summed E-state index contributed by atoms with van der Waals surface area (Å²) in [7, 11) is 1.49. The molecule has 1 aromatic heterocycles. The van der Waals surface area contributed by atoms with Crippen molar-refractivity contribution >= 4 is 45.5 Å². The standard InChI is InChI=1S/C26H18ClNO5/c1-32-20-11-10-18(14-19(20)27)28-23(21-7-4-12-33-21)22(25(30)26(28)31)24(29)17-9-8-15-5-2-3-6-16(15)13-17/h2-14,23,29H,1H3/b24-22-. The predicted molar refractivity (Wildman–Crippen MR) is 125 cm³/mol. The van der Waals surface area contributed by atoms with Crippen molar-refractivity contribution in [2.45, 2.75) is 6.04 Å². The number of amides is 1. The van der Waals surface area contributed by atoms with Crippen molar-refractivity contribution in [3.8, 4) is 5.75 Å². The minimum Gasteiger partial charge on any atom is -0.507 e. The van der Waals surface area contributed by atoms with Crippen molar-refractivity contribution in [1.29, 1.82) is 0 Å². The first kappa shape index (κ1) is 20.8. The Morgan fingerprint density at radius 3 is 2.48 bits per heavy atom. The number of methoxy groups -OCH3 is 1. The van der Waals surface area contributed by atoms with E-state index < -0.39 is 17.7 Å². The van der Waals surface area contributed by atoms with Gasteiger partial charge in [0.15, 0.2) is 0 Å². The van der Waals surface area contributed by atoms with Gasteiger partial charge in [-0.15, -0.1) is 0 Å². The van der Waals surface area contributed by atoms with Crippen LogP contribution in [0.2, 0.25) is 5.02 Å². The molecule has 5 rings (SSSR count). The van der Waals surface area contributed by atoms with E-state index in [2.05, 4.69) is 0 Å². The molecule has 1 atom stereocenters. The van der Waals surface area contributed by atoms with E-state index in [0.717, 1.165) is 10.8 Å². The summed E-state index contributed by atoms with van der Waals surface area (Å²) in [6.07, 6.45) is 1.45. The van der Waals surface area contributed by atoms with Gasteiger partial charge in [-0.2, -0.15) is 0 Å². The SMILES string of the molecule is COc1ccc(N2C(=O)C(=O)/C(=C(\O)c3ccc4ccccc4c3)C2c2ccco2)cc1Cl. The van der Waals surface area contributed by atoms with E-state index in [0.29, 0.717) is 22.8 Å². The Hall–Kier alpha value is -4.03. The maximum absolute atomic E-state index is 13.2. The van der Waals surface area contributed by atoms with Crippen LogP contribution in [-0.4, -0.2) is 23.9 Å². The number of aliphatic hydroxyl groups excluding tert-OH is 1. The van der Waals surface area contributed by atoms with E-state index in [1.807, 2.05) is 30.3 Å². The first-order chi connectivity index (χ1) is 16.0. The summed E-state index contributed by atoms with van der Waals surface area (Å²) >= 11 is 6.28. The molecule has 1 N–H and O–H groups in total. The van der Waals surface area contributed by atoms with E-state index in [4.69, 9.17) is 20.8 Å². The number of furan rings is 1. The number of ether oxygens (including phenoxy) is 1. The summed E-state index contributed by atoms with van der Waals surface area (Å²) in [6, 6.07) is 20.2. The maximum atomic E-state index is 13.2. The number of carbonyl (C=O) groups is 2. The van der Waals surface area contributed by atoms with Gasteiger partial charge in [0, 0.05) is 11.3 Å². The highest BCUT2D eigenvalue weighted by Crippen LogP contribution is 2.43. The minimum absolute atomic E-state index is 0.0582. The second-order valence-electron chi connectivity index (χ2n) is 7.57. The predicted octanol–water partition coefficient (Wildman–Crippen LogP) is 5.72. The Morgan fingerprint density at radius 2 is 1.79 bits per heavy atom. The van der Waals surface area contributed by atoms with Crippen LogP contribution in [0.5, 0.6) is 5.75 Å². The molecule has 7 heteroatoms. The molecule has 1 amide bonds. The average molecular weight is 460 g/mol. The minimum atomic E-state index is -0.962. The number of hydrogen-bond donors (Lipinski definition) is 1. The zero-order chi connectivity index (χ0) is 23.1. The van der Waals surface area contributed by atoms with Gasteiger partial charge in [0.1, 0.15) is 23.3 Å². The number of ketones is 1. The van der Waals surface area contributed by atoms with Gasteiger partial charge in [-0.1, -0.05) is 48.0 Å². The molecule has 33 heavy (non-hydrogen) atoms. The number of anilines is 1. The molecule has 1 unspecified atom stereocenters. The number of aliphatic hydroxyl groups is 1. The summed E-state index contributed by atoms with van der Waals surface area (Å²) in [6.45, 7) is 0. The molecule has 0 saturated carbocycles. The van der Waals surface area contributed by atoms with Gasteiger partial charge in [-0.3, -0.25) is 14.5 Å². The third-order valence-electron chi connectivity index (χ3n) is 5.69. The van der Waals surface area contributed by atoms with Gasteiger partial charge < -0.3 is 14.3 Å². The van der Waals surface area contributed by atoms with E-state index in [1.54, 1.807) is 36.4 Å². The Balaban J connectivity index is 1.70. The zero-order valence-electron chi connectivity index (χ0n) is 17.5. The number of fused-ring (bicyclic) bond motifs is 1. The molecule has 4 aromatic rings. The van der Waals surface area contributed by atoms with E-state index in [9.17, 15) is 14.7 Å². The lowest BCUT2D eigenvalue weighted by molar-refractivity contribution is -0.132. The van der Waals surface area contributed by atoms with Gasteiger partial charge in [0.2, 0.25) is 0 Å². The number of Topliss-reactive ketones (excluding diaryl/α,β-unsaturated/α-hetero) is 1. The van der Waals surface area contributed by atoms with E-state index in [-0.39, 0.29) is 16.4 Å². The van der Waals surface area contributed by atoms with Crippen molar-refractivity contribution in [2.75, 3.05) is 12.0 Å². The molecule has 0 bridgehead atoms. The number of benzene rings is 3. The molecule has 1 aliphatic heterocycles. The van der Waals surface area contributed by atoms with Crippen LogP contribution in [0, 0.1) is 0 Å². The van der Waals surface area contributed by atoms with Gasteiger partial charge >= 0.3 is 0 Å². The Morgan fingerprint density at radius 1 is 1.00 bits per heavy atom. The third-order valence-corrected chi connectivity index (χ3v) is 5.99. The number of nitrogens with zero attached hydrogens (tertiary/aromatic N) is 1. The summed E-state index contributed by atoms with van der Waals surface area (Å²) in [5.74, 6) is -1.11. The highest BCUT2D eigenvalue weighted by atomic mass is 35.5. The highest BCUT2D eigenvalue weighted by Gasteiger charge is 2.48. The number of rotatable bonds is 4. The molecule has 164 valence electrons. The van der Waals surface area contributed by atoms with Crippen molar-refractivity contribution < 1.29 is 23.8 Å². The molecule has 0 radical (unpaired) electrons. The lowest BCUT2D eigenvalue weighted by atomic mass is 9.97. The maximum Gasteiger partial charge on any atom is 0.300 e. The molecule has 1 fully saturated rings. The molecular weight excluding hydrogens is 442 g/mol. The van der Waals surface area contributed by atoms with Crippen LogP contribution >= 0.6 is 11.6 Å². The van der Waals surface area contributed by atoms with Gasteiger partial charge in [-0.05, 0) is 47.2 Å². The fourth-order valence-electron chi connectivity index (χ4n) is 4.11. The van der Waals surface area contributed by atoms with Crippen molar-refractivity contribution in [3.63, 3.8) is 0 Å². The van der Waals surface area contributed by atoms with Crippen LogP contribution in [0.3, 0.4) is 0 Å². The van der Waals surface area contributed by atoms with Crippen LogP contribution in [-0.2, 0) is 9.59 Å². The van der Waals surface area contributed by atoms with Gasteiger partial charge in [0.05, 0.1) is 24.0 Å². The van der Waals surface area contributed by atoms with Crippen molar-refractivity contribution in [2.24, 2.45) is 0 Å². The van der Waals surface area contributed by atoms with Gasteiger partial charge in [-0.25, -0.2) is 0 Å². The molecule has 1 saturated heterocycles. The largest absolute Gasteiger partial charge is 0.507 e. The van der Waals surface area contributed by atoms with E-state index in [1.165, 1.54) is 24.3 Å². The summed E-state index contributed by atoms with van der Waals surface area (Å²) in [5.41, 5.74) is 0.745. The fourth-order valence-corrected chi connectivity index (χ4v) is 4.36. The summed E-state index contributed by atoms with van der Waals surface area (Å²) < 4.78 is 10.8. The Labute approximate surface area is 194 Å². The van der Waals surface area contributed by atoms with Crippen LogP contribution in [0.15, 0.2) is 89.0 Å². The number of halogens is 1. The van der Waals surface area contributed by atoms with Gasteiger partial charge in [0.25, 0.3) is 11.7 Å². The Bertz CT molecular complexity index is 1420. The molecule has 3 aromatic carbocycles. The zero-order valence-corrected chi connectivity index (χ0v) is 18.2. The lowest BCUT2D eigenvalue weighted by Gasteiger charge is -2.24. The third kappa shape index (κ3) is 3.45. The van der Waals surface area contributed by atoms with Crippen LogP contribution in [0.1, 0.15) is 17.4 Å². The molecule has 6 nitrogen and oxygen atoms in total. The first-order valence-electron chi connectivity index (χ1n) is 10.2. The normalized spacial score (nSPS) is 17.6. The van der Waals surface area contributed by atoms with Crippen LogP contribution in [0.25, 0.3) is 16.5 Å². The molecule has 2 heterocycles. The number of carbonyl (C=O) groups excluding carboxylic acids is 2. The Kier molecular flexibility index (Phi) is 5.15. The monoisotopic (exact) mass is 459 g/mol. The smallest absolute Gasteiger partial charge is 0.300 e. The average Bonchev–Trinajstić information content (AvgIpc) is 3.45. The summed E-state index contributed by atoms with van der Waals surface area (Å²) in [4.78, 5) is 27.6. The fraction of sp³-hybridized carbons (Fsp3) is 0.0769. The van der Waals surface area contributed by atoms with Crippen molar-refractivity contribution in [1.82, 2.24) is 0 Å². The first-order valence-corrected chi connectivity index (χ1v) is 10.5. The quantitative estimate of drug-likeness (QED) is 0.240. The lowest BCUT2D eigenvalue weighted by Crippen LogP contribution is -2.29. The van der Waals surface area contributed by atoms with E-state index >= 15 is 0 Å².